The number of aromatic nitrogens is 1. The number of hydrogen-bond acceptors (Lipinski definition) is 2. The van der Waals surface area contributed by atoms with E-state index in [2.05, 4.69) is 23.5 Å². The number of pyridine rings is 1. The molecule has 17 heavy (non-hydrogen) atoms. The van der Waals surface area contributed by atoms with Gasteiger partial charge in [0.1, 0.15) is 0 Å². The fraction of sp³-hybridized carbons (Fsp3) is 0.133. The summed E-state index contributed by atoms with van der Waals surface area (Å²) in [5, 5.41) is 6.01. The van der Waals surface area contributed by atoms with Crippen molar-refractivity contribution in [3.63, 3.8) is 0 Å². The Hall–Kier alpha value is -2.09. The number of allylic oxidation sites excluding steroid dienone is 2. The van der Waals surface area contributed by atoms with Gasteiger partial charge < -0.3 is 5.32 Å². The van der Waals surface area contributed by atoms with E-state index in [-0.39, 0.29) is 0 Å². The third-order valence-corrected chi connectivity index (χ3v) is 2.83. The maximum atomic E-state index is 4.44. The lowest BCUT2D eigenvalue weighted by Gasteiger charge is -2.10. The van der Waals surface area contributed by atoms with Crippen molar-refractivity contribution < 1.29 is 0 Å². The summed E-state index contributed by atoms with van der Waals surface area (Å²) in [5.41, 5.74) is 3.03. The second kappa shape index (κ2) is 4.42. The Kier molecular flexibility index (Phi) is 2.96. The van der Waals surface area contributed by atoms with E-state index in [1.54, 1.807) is 0 Å². The number of para-hydroxylation sites is 1. The zero-order valence-electron chi connectivity index (χ0n) is 10.2. The number of benzene rings is 1. The smallest absolute Gasteiger partial charge is 0.0730 e. The zero-order chi connectivity index (χ0) is 12.4. The van der Waals surface area contributed by atoms with Crippen LogP contribution in [0, 0.1) is 0 Å². The highest BCUT2D eigenvalue weighted by Crippen LogP contribution is 2.17. The van der Waals surface area contributed by atoms with Gasteiger partial charge >= 0.3 is 0 Å². The van der Waals surface area contributed by atoms with Gasteiger partial charge in [-0.3, -0.25) is 0 Å². The van der Waals surface area contributed by atoms with Gasteiger partial charge in [-0.05, 0) is 19.9 Å². The topological polar surface area (TPSA) is 24.9 Å². The summed E-state index contributed by atoms with van der Waals surface area (Å²) in [6.07, 6.45) is 2.03. The third-order valence-electron chi connectivity index (χ3n) is 2.83. The van der Waals surface area contributed by atoms with Crippen molar-refractivity contribution in [2.75, 3.05) is 5.32 Å². The molecule has 0 saturated carbocycles. The largest absolute Gasteiger partial charge is 0.358 e. The van der Waals surface area contributed by atoms with Crippen molar-refractivity contribution in [3.05, 3.63) is 46.6 Å². The second-order valence-electron chi connectivity index (χ2n) is 4.03. The van der Waals surface area contributed by atoms with Crippen molar-refractivity contribution in [3.8, 4) is 0 Å². The molecule has 1 aromatic carbocycles. The molecule has 0 fully saturated rings. The van der Waals surface area contributed by atoms with Crippen LogP contribution in [-0.4, -0.2) is 4.98 Å². The highest BCUT2D eigenvalue weighted by atomic mass is 14.9. The Morgan fingerprint density at radius 1 is 1.29 bits per heavy atom. The Labute approximate surface area is 101 Å². The molecule has 0 atom stereocenters. The van der Waals surface area contributed by atoms with Crippen LogP contribution in [0.3, 0.4) is 0 Å². The average Bonchev–Trinajstić information content (AvgIpc) is 2.34. The van der Waals surface area contributed by atoms with Crippen LogP contribution in [0.4, 0.5) is 5.69 Å². The molecule has 0 bridgehead atoms. The van der Waals surface area contributed by atoms with E-state index in [1.165, 1.54) is 0 Å². The second-order valence-corrected chi connectivity index (χ2v) is 4.03. The van der Waals surface area contributed by atoms with Gasteiger partial charge in [0, 0.05) is 16.3 Å². The molecule has 0 spiro atoms. The molecule has 2 heteroatoms. The Balaban J connectivity index is 2.79. The monoisotopic (exact) mass is 224 g/mol. The minimum absolute atomic E-state index is 0.718. The minimum atomic E-state index is 0.718. The maximum Gasteiger partial charge on any atom is 0.0730 e. The molecule has 0 amide bonds. The normalized spacial score (nSPS) is 11.8. The van der Waals surface area contributed by atoms with Crippen molar-refractivity contribution >= 4 is 29.7 Å². The van der Waals surface area contributed by atoms with Crippen LogP contribution in [0.1, 0.15) is 13.8 Å². The molecular formula is C15H16N2. The van der Waals surface area contributed by atoms with Crippen molar-refractivity contribution in [1.82, 2.24) is 4.98 Å². The van der Waals surface area contributed by atoms with Crippen LogP contribution in [0.25, 0.3) is 24.1 Å². The van der Waals surface area contributed by atoms with Crippen molar-refractivity contribution in [1.29, 1.82) is 0 Å². The molecule has 0 unspecified atom stereocenters. The lowest BCUT2D eigenvalue weighted by atomic mass is 10.1. The van der Waals surface area contributed by atoms with Crippen LogP contribution >= 0.6 is 0 Å². The number of nitrogens with one attached hydrogen (secondary N) is 1. The number of hydrogen-bond donors (Lipinski definition) is 1. The van der Waals surface area contributed by atoms with E-state index in [4.69, 9.17) is 0 Å². The summed E-state index contributed by atoms with van der Waals surface area (Å²) in [4.78, 5) is 4.44. The summed E-state index contributed by atoms with van der Waals surface area (Å²) in [6, 6.07) is 8.01. The molecular weight excluding hydrogens is 208 g/mol. The van der Waals surface area contributed by atoms with Gasteiger partial charge in [-0.1, -0.05) is 37.4 Å². The predicted molar refractivity (Wildman–Crippen MR) is 75.1 cm³/mol. The SMILES string of the molecule is C=c1nc2ccccc2c(NC(C)=CC)c1=C. The first-order chi connectivity index (χ1) is 8.13. The van der Waals surface area contributed by atoms with E-state index in [0.717, 1.165) is 32.9 Å². The van der Waals surface area contributed by atoms with E-state index in [0.29, 0.717) is 0 Å². The van der Waals surface area contributed by atoms with E-state index < -0.39 is 0 Å². The fourth-order valence-electron chi connectivity index (χ4n) is 1.71. The summed E-state index contributed by atoms with van der Waals surface area (Å²) in [5.74, 6) is 0. The minimum Gasteiger partial charge on any atom is -0.358 e. The third kappa shape index (κ3) is 2.07. The molecule has 1 N–H and O–H groups in total. The predicted octanol–water partition coefficient (Wildman–Crippen LogP) is 2.39. The quantitative estimate of drug-likeness (QED) is 0.847. The molecule has 2 nitrogen and oxygen atoms in total. The van der Waals surface area contributed by atoms with Crippen LogP contribution in [-0.2, 0) is 0 Å². The van der Waals surface area contributed by atoms with Crippen molar-refractivity contribution in [2.24, 2.45) is 0 Å². The highest BCUT2D eigenvalue weighted by Gasteiger charge is 2.03. The van der Waals surface area contributed by atoms with Gasteiger partial charge in [-0.2, -0.15) is 0 Å². The number of nitrogens with zero attached hydrogens (tertiary/aromatic N) is 1. The molecule has 2 rings (SSSR count). The van der Waals surface area contributed by atoms with Crippen LogP contribution in [0.5, 0.6) is 0 Å². The van der Waals surface area contributed by atoms with E-state index in [9.17, 15) is 0 Å². The fourth-order valence-corrected chi connectivity index (χ4v) is 1.71. The lowest BCUT2D eigenvalue weighted by Crippen LogP contribution is -2.28. The van der Waals surface area contributed by atoms with Crippen LogP contribution in [0.15, 0.2) is 36.0 Å². The summed E-state index contributed by atoms with van der Waals surface area (Å²) >= 11 is 0. The zero-order valence-corrected chi connectivity index (χ0v) is 10.2. The van der Waals surface area contributed by atoms with Gasteiger partial charge in [0.15, 0.2) is 0 Å². The molecule has 86 valence electrons. The maximum absolute atomic E-state index is 4.44. The van der Waals surface area contributed by atoms with E-state index >= 15 is 0 Å². The van der Waals surface area contributed by atoms with Gasteiger partial charge in [-0.15, -0.1) is 0 Å². The average molecular weight is 224 g/mol. The first-order valence-electron chi connectivity index (χ1n) is 5.60. The first-order valence-corrected chi connectivity index (χ1v) is 5.60. The number of fused-ring (bicyclic) bond motifs is 1. The Bertz CT molecular complexity index is 684. The molecule has 0 aliphatic carbocycles. The molecule has 0 aliphatic heterocycles. The van der Waals surface area contributed by atoms with Crippen molar-refractivity contribution in [2.45, 2.75) is 13.8 Å². The molecule has 2 aromatic rings. The Morgan fingerprint density at radius 2 is 2.00 bits per heavy atom. The first kappa shape index (κ1) is 11.4. The number of anilines is 1. The lowest BCUT2D eigenvalue weighted by molar-refractivity contribution is 1.27. The van der Waals surface area contributed by atoms with Gasteiger partial charge in [0.05, 0.1) is 16.6 Å². The summed E-state index contributed by atoms with van der Waals surface area (Å²) in [7, 11) is 0. The molecule has 0 aliphatic rings. The summed E-state index contributed by atoms with van der Waals surface area (Å²) < 4.78 is 0. The van der Waals surface area contributed by atoms with Gasteiger partial charge in [0.2, 0.25) is 0 Å². The highest BCUT2D eigenvalue weighted by molar-refractivity contribution is 5.91. The Morgan fingerprint density at radius 3 is 2.71 bits per heavy atom. The number of rotatable bonds is 2. The van der Waals surface area contributed by atoms with Crippen LogP contribution in [0.2, 0.25) is 0 Å². The molecule has 1 aromatic heterocycles. The van der Waals surface area contributed by atoms with Crippen LogP contribution < -0.4 is 15.9 Å². The van der Waals surface area contributed by atoms with Gasteiger partial charge in [-0.25, -0.2) is 4.98 Å². The molecule has 0 radical (unpaired) electrons. The molecule has 0 saturated heterocycles. The van der Waals surface area contributed by atoms with Gasteiger partial charge in [0.25, 0.3) is 0 Å². The molecule has 1 heterocycles. The standard InChI is InChI=1S/C15H16N2/c1-5-10(2)16-15-11(3)12(4)17-14-9-7-6-8-13(14)15/h5-9,16H,3-4H2,1-2H3. The van der Waals surface area contributed by atoms with E-state index in [1.807, 2.05) is 44.2 Å². The summed E-state index contributed by atoms with van der Waals surface area (Å²) in [6.45, 7) is 12.0.